The molecular weight excluding hydrogens is 330 g/mol. The van der Waals surface area contributed by atoms with E-state index in [9.17, 15) is 4.79 Å². The summed E-state index contributed by atoms with van der Waals surface area (Å²) >= 11 is 0. The predicted molar refractivity (Wildman–Crippen MR) is 99.9 cm³/mol. The highest BCUT2D eigenvalue weighted by Gasteiger charge is 2.26. The van der Waals surface area contributed by atoms with Crippen LogP contribution < -0.4 is 19.5 Å². The lowest BCUT2D eigenvalue weighted by atomic mass is 10.1. The molecule has 138 valence electrons. The van der Waals surface area contributed by atoms with E-state index < -0.39 is 6.10 Å². The van der Waals surface area contributed by atoms with Crippen LogP contribution in [0.5, 0.6) is 17.2 Å². The van der Waals surface area contributed by atoms with Crippen molar-refractivity contribution in [2.24, 2.45) is 0 Å². The normalized spacial score (nSPS) is 15.6. The number of benzene rings is 2. The molecule has 26 heavy (non-hydrogen) atoms. The van der Waals surface area contributed by atoms with Gasteiger partial charge in [0, 0.05) is 6.54 Å². The Balaban J connectivity index is 1.42. The zero-order valence-electron chi connectivity index (χ0n) is 15.2. The molecular formula is C21H25NO4. The van der Waals surface area contributed by atoms with Gasteiger partial charge in [0.05, 0.1) is 6.10 Å². The average molecular weight is 355 g/mol. The van der Waals surface area contributed by atoms with Crippen molar-refractivity contribution in [3.8, 4) is 17.2 Å². The number of hydrogen-bond donors (Lipinski definition) is 1. The Morgan fingerprint density at radius 3 is 2.81 bits per heavy atom. The fraction of sp³-hybridized carbons (Fsp3) is 0.381. The van der Waals surface area contributed by atoms with E-state index in [0.29, 0.717) is 18.0 Å². The highest BCUT2D eigenvalue weighted by Crippen LogP contribution is 2.30. The maximum Gasteiger partial charge on any atom is 0.264 e. The first-order valence-electron chi connectivity index (χ1n) is 9.03. The molecule has 0 aromatic heterocycles. The summed E-state index contributed by atoms with van der Waals surface area (Å²) in [6, 6.07) is 15.5. The van der Waals surface area contributed by atoms with Crippen molar-refractivity contribution >= 4 is 5.91 Å². The fourth-order valence-corrected chi connectivity index (χ4v) is 2.81. The second-order valence-corrected chi connectivity index (χ2v) is 6.57. The van der Waals surface area contributed by atoms with Gasteiger partial charge < -0.3 is 19.5 Å². The summed E-state index contributed by atoms with van der Waals surface area (Å²) in [5, 5.41) is 2.93. The van der Waals surface area contributed by atoms with Crippen LogP contribution in [0.3, 0.4) is 0 Å². The van der Waals surface area contributed by atoms with Crippen molar-refractivity contribution in [1.29, 1.82) is 0 Å². The zero-order valence-corrected chi connectivity index (χ0v) is 15.2. The summed E-state index contributed by atoms with van der Waals surface area (Å²) in [5.41, 5.74) is 1.20. The maximum absolute atomic E-state index is 12.3. The molecule has 0 spiro atoms. The van der Waals surface area contributed by atoms with E-state index in [1.54, 1.807) is 6.07 Å². The van der Waals surface area contributed by atoms with Crippen molar-refractivity contribution < 1.29 is 19.0 Å². The minimum Gasteiger partial charge on any atom is -0.491 e. The van der Waals surface area contributed by atoms with E-state index in [1.165, 1.54) is 5.56 Å². The smallest absolute Gasteiger partial charge is 0.264 e. The summed E-state index contributed by atoms with van der Waals surface area (Å²) < 4.78 is 17.0. The van der Waals surface area contributed by atoms with Crippen LogP contribution in [0.2, 0.25) is 0 Å². The molecule has 0 aliphatic carbocycles. The lowest BCUT2D eigenvalue weighted by Gasteiger charge is -2.25. The quantitative estimate of drug-likeness (QED) is 0.774. The number of amides is 1. The van der Waals surface area contributed by atoms with Gasteiger partial charge in [-0.25, -0.2) is 0 Å². The van der Waals surface area contributed by atoms with Gasteiger partial charge in [0.1, 0.15) is 12.4 Å². The van der Waals surface area contributed by atoms with Crippen molar-refractivity contribution in [3.05, 3.63) is 54.1 Å². The van der Waals surface area contributed by atoms with E-state index in [-0.39, 0.29) is 18.6 Å². The first-order chi connectivity index (χ1) is 12.6. The van der Waals surface area contributed by atoms with Gasteiger partial charge in [-0.3, -0.25) is 4.79 Å². The minimum atomic E-state index is -0.604. The molecule has 1 heterocycles. The largest absolute Gasteiger partial charge is 0.491 e. The van der Waals surface area contributed by atoms with E-state index in [0.717, 1.165) is 18.6 Å². The Morgan fingerprint density at radius 2 is 2.00 bits per heavy atom. The highest BCUT2D eigenvalue weighted by molar-refractivity contribution is 5.81. The van der Waals surface area contributed by atoms with Gasteiger partial charge >= 0.3 is 0 Å². The predicted octanol–water partition coefficient (Wildman–Crippen LogP) is 3.36. The first-order valence-corrected chi connectivity index (χ1v) is 9.03. The number of nitrogens with one attached hydrogen (secondary N) is 1. The molecule has 2 aromatic carbocycles. The fourth-order valence-electron chi connectivity index (χ4n) is 2.81. The number of aryl methyl sites for hydroxylation is 1. The molecule has 1 aliphatic heterocycles. The SMILES string of the molecule is CC(C)Oc1cccc(CCCNC(=O)[C@H]2COc3ccccc3O2)c1. The Labute approximate surface area is 154 Å². The zero-order chi connectivity index (χ0) is 18.4. The molecule has 1 atom stereocenters. The van der Waals surface area contributed by atoms with Crippen LogP contribution in [-0.2, 0) is 11.2 Å². The van der Waals surface area contributed by atoms with Crippen LogP contribution in [0.4, 0.5) is 0 Å². The van der Waals surface area contributed by atoms with E-state index in [1.807, 2.05) is 44.2 Å². The Kier molecular flexibility index (Phi) is 6.00. The van der Waals surface area contributed by atoms with Gasteiger partial charge in [0.2, 0.25) is 6.10 Å². The van der Waals surface area contributed by atoms with Gasteiger partial charge in [0.25, 0.3) is 5.91 Å². The molecule has 0 unspecified atom stereocenters. The van der Waals surface area contributed by atoms with Crippen molar-refractivity contribution in [2.45, 2.75) is 38.9 Å². The summed E-state index contributed by atoms with van der Waals surface area (Å²) in [6.07, 6.45) is 1.28. The standard InChI is InChI=1S/C21H25NO4/c1-15(2)25-17-9-5-7-16(13-17)8-6-12-22-21(23)20-14-24-18-10-3-4-11-19(18)26-20/h3-5,7,9-11,13,15,20H,6,8,12,14H2,1-2H3,(H,22,23)/t20-/m1/s1. The molecule has 0 saturated heterocycles. The summed E-state index contributed by atoms with van der Waals surface area (Å²) in [5.74, 6) is 2.03. The average Bonchev–Trinajstić information content (AvgIpc) is 2.64. The van der Waals surface area contributed by atoms with Gasteiger partial charge in [0.15, 0.2) is 11.5 Å². The van der Waals surface area contributed by atoms with Crippen LogP contribution >= 0.6 is 0 Å². The van der Waals surface area contributed by atoms with E-state index in [2.05, 4.69) is 17.4 Å². The molecule has 1 amide bonds. The molecule has 5 nitrogen and oxygen atoms in total. The number of carbonyl (C=O) groups is 1. The third kappa shape index (κ3) is 4.91. The van der Waals surface area contributed by atoms with Gasteiger partial charge in [-0.1, -0.05) is 24.3 Å². The number of fused-ring (bicyclic) bond motifs is 1. The van der Waals surface area contributed by atoms with Gasteiger partial charge in [-0.15, -0.1) is 0 Å². The molecule has 0 bridgehead atoms. The van der Waals surface area contributed by atoms with Crippen molar-refractivity contribution in [2.75, 3.05) is 13.2 Å². The van der Waals surface area contributed by atoms with Crippen LogP contribution in [-0.4, -0.2) is 31.3 Å². The second kappa shape index (κ2) is 8.61. The Morgan fingerprint density at radius 1 is 1.19 bits per heavy atom. The first kappa shape index (κ1) is 18.1. The number of carbonyl (C=O) groups excluding carboxylic acids is 1. The summed E-state index contributed by atoms with van der Waals surface area (Å²) in [4.78, 5) is 12.3. The Hall–Kier alpha value is -2.69. The second-order valence-electron chi connectivity index (χ2n) is 6.57. The summed E-state index contributed by atoms with van der Waals surface area (Å²) in [7, 11) is 0. The molecule has 1 aliphatic rings. The molecule has 0 fully saturated rings. The van der Waals surface area contributed by atoms with E-state index in [4.69, 9.17) is 14.2 Å². The molecule has 3 rings (SSSR count). The molecule has 1 N–H and O–H groups in total. The van der Waals surface area contributed by atoms with Gasteiger partial charge in [-0.05, 0) is 56.5 Å². The molecule has 2 aromatic rings. The Bertz CT molecular complexity index is 744. The molecule has 5 heteroatoms. The third-order valence-electron chi connectivity index (χ3n) is 4.01. The number of rotatable bonds is 7. The lowest BCUT2D eigenvalue weighted by molar-refractivity contribution is -0.130. The monoisotopic (exact) mass is 355 g/mol. The topological polar surface area (TPSA) is 56.8 Å². The molecule has 0 radical (unpaired) electrons. The van der Waals surface area contributed by atoms with Crippen LogP contribution in [0, 0.1) is 0 Å². The maximum atomic E-state index is 12.3. The summed E-state index contributed by atoms with van der Waals surface area (Å²) in [6.45, 7) is 4.85. The molecule has 0 saturated carbocycles. The highest BCUT2D eigenvalue weighted by atomic mass is 16.6. The van der Waals surface area contributed by atoms with E-state index >= 15 is 0 Å². The minimum absolute atomic E-state index is 0.142. The van der Waals surface area contributed by atoms with Crippen molar-refractivity contribution in [3.63, 3.8) is 0 Å². The lowest BCUT2D eigenvalue weighted by Crippen LogP contribution is -2.44. The number of ether oxygens (including phenoxy) is 3. The van der Waals surface area contributed by atoms with Crippen molar-refractivity contribution in [1.82, 2.24) is 5.32 Å². The third-order valence-corrected chi connectivity index (χ3v) is 4.01. The van der Waals surface area contributed by atoms with Crippen LogP contribution in [0.15, 0.2) is 48.5 Å². The number of hydrogen-bond acceptors (Lipinski definition) is 4. The van der Waals surface area contributed by atoms with Crippen LogP contribution in [0.1, 0.15) is 25.8 Å². The van der Waals surface area contributed by atoms with Gasteiger partial charge in [-0.2, -0.15) is 0 Å². The number of para-hydroxylation sites is 2. The van der Waals surface area contributed by atoms with Crippen LogP contribution in [0.25, 0.3) is 0 Å².